The number of fused-ring (bicyclic) bond motifs is 1. The van der Waals surface area contributed by atoms with Gasteiger partial charge in [0, 0.05) is 21.5 Å². The Labute approximate surface area is 150 Å². The van der Waals surface area contributed by atoms with Gasteiger partial charge in [0.15, 0.2) is 0 Å². The lowest BCUT2D eigenvalue weighted by Gasteiger charge is -2.04. The Kier molecular flexibility index (Phi) is 4.67. The maximum absolute atomic E-state index is 12.1. The van der Waals surface area contributed by atoms with Gasteiger partial charge in [-0.1, -0.05) is 22.0 Å². The minimum Gasteiger partial charge on any atom is -0.508 e. The Balaban J connectivity index is 1.88. The molecule has 0 radical (unpaired) electrons. The summed E-state index contributed by atoms with van der Waals surface area (Å²) < 4.78 is 5.96. The Hall–Kier alpha value is -2.93. The average molecular weight is 401 g/mol. The Bertz CT molecular complexity index is 1060. The molecule has 3 aromatic rings. The van der Waals surface area contributed by atoms with E-state index in [1.54, 1.807) is 37.3 Å². The fourth-order valence-electron chi connectivity index (χ4n) is 2.24. The first-order valence-corrected chi connectivity index (χ1v) is 8.11. The predicted octanol–water partition coefficient (Wildman–Crippen LogP) is 3.42. The molecule has 2 aromatic carbocycles. The van der Waals surface area contributed by atoms with Crippen LogP contribution < -0.4 is 11.1 Å². The first kappa shape index (κ1) is 16.9. The van der Waals surface area contributed by atoms with Crippen molar-refractivity contribution in [1.29, 1.82) is 0 Å². The molecule has 3 rings (SSSR count). The molecule has 1 amide bonds. The first-order valence-electron chi connectivity index (χ1n) is 7.31. The SMILES string of the molecule is CC(=NNC(=O)c1cccc(Br)c1)c1cc2ccc(O)cc2oc1=O. The first-order chi connectivity index (χ1) is 11.9. The van der Waals surface area contributed by atoms with Gasteiger partial charge in [-0.15, -0.1) is 0 Å². The molecule has 0 saturated heterocycles. The topological polar surface area (TPSA) is 91.9 Å². The smallest absolute Gasteiger partial charge is 0.345 e. The second-order valence-electron chi connectivity index (χ2n) is 5.32. The molecule has 0 aliphatic carbocycles. The molecule has 1 aromatic heterocycles. The molecule has 0 spiro atoms. The third kappa shape index (κ3) is 3.77. The van der Waals surface area contributed by atoms with E-state index in [0.29, 0.717) is 16.7 Å². The van der Waals surface area contributed by atoms with Gasteiger partial charge in [0.05, 0.1) is 11.3 Å². The molecule has 0 aliphatic rings. The van der Waals surface area contributed by atoms with Crippen LogP contribution in [0.3, 0.4) is 0 Å². The van der Waals surface area contributed by atoms with E-state index < -0.39 is 11.5 Å². The normalized spacial score (nSPS) is 11.5. The van der Waals surface area contributed by atoms with E-state index in [1.165, 1.54) is 12.1 Å². The van der Waals surface area contributed by atoms with E-state index in [2.05, 4.69) is 26.5 Å². The number of rotatable bonds is 3. The van der Waals surface area contributed by atoms with Crippen molar-refractivity contribution in [2.24, 2.45) is 5.10 Å². The zero-order chi connectivity index (χ0) is 18.0. The van der Waals surface area contributed by atoms with Crippen molar-refractivity contribution in [3.63, 3.8) is 0 Å². The summed E-state index contributed by atoms with van der Waals surface area (Å²) in [5, 5.41) is 14.1. The molecule has 0 fully saturated rings. The molecule has 6 nitrogen and oxygen atoms in total. The summed E-state index contributed by atoms with van der Waals surface area (Å²) >= 11 is 3.30. The van der Waals surface area contributed by atoms with Crippen LogP contribution in [0.5, 0.6) is 5.75 Å². The average Bonchev–Trinajstić information content (AvgIpc) is 2.58. The second-order valence-corrected chi connectivity index (χ2v) is 6.23. The second kappa shape index (κ2) is 6.90. The van der Waals surface area contributed by atoms with Gasteiger partial charge in [-0.25, -0.2) is 10.2 Å². The lowest BCUT2D eigenvalue weighted by molar-refractivity contribution is 0.0954. The number of carbonyl (C=O) groups excluding carboxylic acids is 1. The number of nitrogens with zero attached hydrogens (tertiary/aromatic N) is 1. The van der Waals surface area contributed by atoms with E-state index in [-0.39, 0.29) is 16.9 Å². The number of nitrogens with one attached hydrogen (secondary N) is 1. The van der Waals surface area contributed by atoms with Crippen LogP contribution in [0.4, 0.5) is 0 Å². The van der Waals surface area contributed by atoms with E-state index in [4.69, 9.17) is 4.42 Å². The van der Waals surface area contributed by atoms with Gasteiger partial charge in [-0.05, 0) is 43.3 Å². The van der Waals surface area contributed by atoms with Gasteiger partial charge in [0.25, 0.3) is 5.91 Å². The number of phenols is 1. The summed E-state index contributed by atoms with van der Waals surface area (Å²) in [6.07, 6.45) is 0. The molecule has 7 heteroatoms. The highest BCUT2D eigenvalue weighted by molar-refractivity contribution is 9.10. The molecule has 0 bridgehead atoms. The van der Waals surface area contributed by atoms with E-state index >= 15 is 0 Å². The maximum Gasteiger partial charge on any atom is 0.345 e. The molecule has 1 heterocycles. The molecular weight excluding hydrogens is 388 g/mol. The lowest BCUT2D eigenvalue weighted by atomic mass is 10.1. The largest absolute Gasteiger partial charge is 0.508 e. The third-order valence-electron chi connectivity index (χ3n) is 3.52. The number of benzene rings is 2. The number of amides is 1. The number of hydrogen-bond acceptors (Lipinski definition) is 5. The van der Waals surface area contributed by atoms with Crippen LogP contribution >= 0.6 is 15.9 Å². The fraction of sp³-hybridized carbons (Fsp3) is 0.0556. The van der Waals surface area contributed by atoms with Gasteiger partial charge in [0.1, 0.15) is 11.3 Å². The van der Waals surface area contributed by atoms with Crippen LogP contribution in [-0.4, -0.2) is 16.7 Å². The number of hydrazone groups is 1. The van der Waals surface area contributed by atoms with Crippen molar-refractivity contribution in [2.45, 2.75) is 6.92 Å². The Morgan fingerprint density at radius 3 is 2.76 bits per heavy atom. The minimum absolute atomic E-state index is 0.00933. The van der Waals surface area contributed by atoms with Crippen molar-refractivity contribution < 1.29 is 14.3 Å². The Morgan fingerprint density at radius 2 is 2.00 bits per heavy atom. The summed E-state index contributed by atoms with van der Waals surface area (Å²) in [7, 11) is 0. The monoisotopic (exact) mass is 400 g/mol. The Morgan fingerprint density at radius 1 is 1.20 bits per heavy atom. The summed E-state index contributed by atoms with van der Waals surface area (Å²) in [6.45, 7) is 1.60. The van der Waals surface area contributed by atoms with Crippen LogP contribution in [0.25, 0.3) is 11.0 Å². The molecular formula is C18H13BrN2O4. The summed E-state index contributed by atoms with van der Waals surface area (Å²) in [4.78, 5) is 24.2. The van der Waals surface area contributed by atoms with Crippen LogP contribution in [0.1, 0.15) is 22.8 Å². The minimum atomic E-state index is -0.601. The number of hydrogen-bond donors (Lipinski definition) is 2. The van der Waals surface area contributed by atoms with Gasteiger partial charge in [-0.3, -0.25) is 4.79 Å². The molecule has 126 valence electrons. The van der Waals surface area contributed by atoms with Gasteiger partial charge in [0.2, 0.25) is 0 Å². The van der Waals surface area contributed by atoms with Crippen LogP contribution in [0.2, 0.25) is 0 Å². The maximum atomic E-state index is 12.1. The highest BCUT2D eigenvalue weighted by Crippen LogP contribution is 2.19. The number of halogens is 1. The number of aromatic hydroxyl groups is 1. The lowest BCUT2D eigenvalue weighted by Crippen LogP contribution is -2.21. The van der Waals surface area contributed by atoms with E-state index in [1.807, 2.05) is 6.07 Å². The van der Waals surface area contributed by atoms with Gasteiger partial charge < -0.3 is 9.52 Å². The van der Waals surface area contributed by atoms with Crippen LogP contribution in [-0.2, 0) is 0 Å². The molecule has 0 unspecified atom stereocenters. The van der Waals surface area contributed by atoms with Crippen molar-refractivity contribution in [3.05, 3.63) is 74.6 Å². The van der Waals surface area contributed by atoms with Gasteiger partial charge >= 0.3 is 5.63 Å². The highest BCUT2D eigenvalue weighted by atomic mass is 79.9. The number of phenolic OH excluding ortho intramolecular Hbond substituents is 1. The quantitative estimate of drug-likeness (QED) is 0.400. The van der Waals surface area contributed by atoms with Gasteiger partial charge in [-0.2, -0.15) is 5.10 Å². The molecule has 2 N–H and O–H groups in total. The van der Waals surface area contributed by atoms with Crippen molar-refractivity contribution in [1.82, 2.24) is 5.43 Å². The van der Waals surface area contributed by atoms with Crippen LogP contribution in [0.15, 0.2) is 67.3 Å². The molecule has 0 saturated carbocycles. The predicted molar refractivity (Wildman–Crippen MR) is 98.0 cm³/mol. The third-order valence-corrected chi connectivity index (χ3v) is 4.01. The van der Waals surface area contributed by atoms with E-state index in [9.17, 15) is 14.7 Å². The molecule has 0 aliphatic heterocycles. The standard InChI is InChI=1S/C18H13BrN2O4/c1-10(20-21-17(23)12-3-2-4-13(19)7-12)15-8-11-5-6-14(22)9-16(11)25-18(15)24/h2-9,22H,1H3,(H,21,23). The van der Waals surface area contributed by atoms with Crippen LogP contribution in [0, 0.1) is 0 Å². The van der Waals surface area contributed by atoms with Crippen molar-refractivity contribution in [2.75, 3.05) is 0 Å². The summed E-state index contributed by atoms with van der Waals surface area (Å²) in [5.41, 5.74) is 3.07. The number of carbonyl (C=O) groups is 1. The fourth-order valence-corrected chi connectivity index (χ4v) is 2.64. The van der Waals surface area contributed by atoms with E-state index in [0.717, 1.165) is 4.47 Å². The summed E-state index contributed by atoms with van der Waals surface area (Å²) in [5.74, 6) is -0.383. The van der Waals surface area contributed by atoms with Crippen molar-refractivity contribution in [3.8, 4) is 5.75 Å². The summed E-state index contributed by atoms with van der Waals surface area (Å²) in [6, 6.07) is 13.0. The zero-order valence-electron chi connectivity index (χ0n) is 13.1. The molecule has 25 heavy (non-hydrogen) atoms. The highest BCUT2D eigenvalue weighted by Gasteiger charge is 2.10. The van der Waals surface area contributed by atoms with Crippen molar-refractivity contribution >= 4 is 38.5 Å². The molecule has 0 atom stereocenters. The zero-order valence-corrected chi connectivity index (χ0v) is 14.7.